The lowest BCUT2D eigenvalue weighted by atomic mass is 9.89. The molecule has 0 radical (unpaired) electrons. The summed E-state index contributed by atoms with van der Waals surface area (Å²) in [5.74, 6) is 1.30. The van der Waals surface area contributed by atoms with E-state index in [1.54, 1.807) is 6.07 Å². The van der Waals surface area contributed by atoms with E-state index < -0.39 is 0 Å². The summed E-state index contributed by atoms with van der Waals surface area (Å²) in [5, 5.41) is 0. The number of hydrogen-bond acceptors (Lipinski definition) is 1. The topological polar surface area (TPSA) is 26.0 Å². The van der Waals surface area contributed by atoms with Gasteiger partial charge in [-0.05, 0) is 54.3 Å². The first kappa shape index (κ1) is 11.6. The Hall–Kier alpha value is -0.890. The summed E-state index contributed by atoms with van der Waals surface area (Å²) in [7, 11) is 0. The van der Waals surface area contributed by atoms with Crippen LogP contribution in [0.4, 0.5) is 4.39 Å². The Balaban J connectivity index is 2.40. The Morgan fingerprint density at radius 3 is 2.81 bits per heavy atom. The SMILES string of the molecule is CC(C)C1CC(CCN)c2cccc(F)c21. The van der Waals surface area contributed by atoms with Gasteiger partial charge in [-0.15, -0.1) is 0 Å². The molecular weight excluding hydrogens is 201 g/mol. The molecule has 0 bridgehead atoms. The highest BCUT2D eigenvalue weighted by Crippen LogP contribution is 2.47. The Bertz CT molecular complexity index is 373. The zero-order valence-electron chi connectivity index (χ0n) is 10.0. The van der Waals surface area contributed by atoms with Crippen LogP contribution in [0.2, 0.25) is 0 Å². The van der Waals surface area contributed by atoms with E-state index in [4.69, 9.17) is 5.73 Å². The van der Waals surface area contributed by atoms with Crippen LogP contribution in [-0.2, 0) is 0 Å². The van der Waals surface area contributed by atoms with E-state index in [-0.39, 0.29) is 5.82 Å². The molecule has 2 atom stereocenters. The first-order chi connectivity index (χ1) is 7.65. The molecule has 0 aromatic heterocycles. The van der Waals surface area contributed by atoms with Crippen LogP contribution in [0.5, 0.6) is 0 Å². The van der Waals surface area contributed by atoms with Crippen molar-refractivity contribution in [2.45, 2.75) is 38.5 Å². The zero-order valence-corrected chi connectivity index (χ0v) is 10.0. The molecule has 2 heteroatoms. The van der Waals surface area contributed by atoms with Crippen LogP contribution in [0, 0.1) is 11.7 Å². The molecule has 2 N–H and O–H groups in total. The molecular formula is C14H20FN. The monoisotopic (exact) mass is 221 g/mol. The normalized spacial score (nSPS) is 23.8. The third-order valence-electron chi connectivity index (χ3n) is 3.76. The van der Waals surface area contributed by atoms with Gasteiger partial charge in [-0.2, -0.15) is 0 Å². The largest absolute Gasteiger partial charge is 0.330 e. The molecule has 2 unspecified atom stereocenters. The quantitative estimate of drug-likeness (QED) is 0.831. The zero-order chi connectivity index (χ0) is 11.7. The van der Waals surface area contributed by atoms with Gasteiger partial charge in [0.2, 0.25) is 0 Å². The maximum absolute atomic E-state index is 13.9. The van der Waals surface area contributed by atoms with E-state index >= 15 is 0 Å². The molecule has 0 heterocycles. The fourth-order valence-corrected chi connectivity index (χ4v) is 2.93. The summed E-state index contributed by atoms with van der Waals surface area (Å²) in [6.07, 6.45) is 2.03. The standard InChI is InChI=1S/C14H20FN/c1-9(2)12-8-10(6-7-16)11-4-3-5-13(15)14(11)12/h3-5,9-10,12H,6-8,16H2,1-2H3. The van der Waals surface area contributed by atoms with Crippen LogP contribution < -0.4 is 5.73 Å². The third kappa shape index (κ3) is 1.86. The number of halogens is 1. The molecule has 2 rings (SSSR count). The molecule has 1 aliphatic rings. The lowest BCUT2D eigenvalue weighted by molar-refractivity contribution is 0.446. The molecule has 0 fully saturated rings. The predicted octanol–water partition coefficient (Wildman–Crippen LogP) is 3.40. The lowest BCUT2D eigenvalue weighted by Gasteiger charge is -2.16. The molecule has 0 saturated heterocycles. The van der Waals surface area contributed by atoms with Crippen LogP contribution in [0.25, 0.3) is 0 Å². The van der Waals surface area contributed by atoms with Crippen LogP contribution >= 0.6 is 0 Å². The van der Waals surface area contributed by atoms with Gasteiger partial charge < -0.3 is 5.73 Å². The molecule has 1 nitrogen and oxygen atoms in total. The van der Waals surface area contributed by atoms with Gasteiger partial charge >= 0.3 is 0 Å². The summed E-state index contributed by atoms with van der Waals surface area (Å²) >= 11 is 0. The highest BCUT2D eigenvalue weighted by molar-refractivity contribution is 5.40. The minimum Gasteiger partial charge on any atom is -0.330 e. The molecule has 1 aromatic carbocycles. The van der Waals surface area contributed by atoms with Gasteiger partial charge in [0.05, 0.1) is 0 Å². The van der Waals surface area contributed by atoms with Crippen molar-refractivity contribution in [1.82, 2.24) is 0 Å². The van der Waals surface area contributed by atoms with Gasteiger partial charge in [0, 0.05) is 0 Å². The van der Waals surface area contributed by atoms with Gasteiger partial charge in [-0.1, -0.05) is 26.0 Å². The van der Waals surface area contributed by atoms with Gasteiger partial charge in [0.15, 0.2) is 0 Å². The highest BCUT2D eigenvalue weighted by Gasteiger charge is 2.34. The summed E-state index contributed by atoms with van der Waals surface area (Å²) in [6.45, 7) is 5.03. The molecule has 0 saturated carbocycles. The number of fused-ring (bicyclic) bond motifs is 1. The summed E-state index contributed by atoms with van der Waals surface area (Å²) in [5.41, 5.74) is 7.78. The molecule has 1 aromatic rings. The van der Waals surface area contributed by atoms with Crippen molar-refractivity contribution in [3.63, 3.8) is 0 Å². The van der Waals surface area contributed by atoms with E-state index in [1.165, 1.54) is 5.56 Å². The Labute approximate surface area is 96.9 Å². The average Bonchev–Trinajstić information content (AvgIpc) is 2.60. The van der Waals surface area contributed by atoms with Crippen molar-refractivity contribution in [3.05, 3.63) is 35.1 Å². The van der Waals surface area contributed by atoms with Crippen LogP contribution in [0.15, 0.2) is 18.2 Å². The maximum atomic E-state index is 13.9. The van der Waals surface area contributed by atoms with Crippen LogP contribution in [0.1, 0.15) is 49.7 Å². The van der Waals surface area contributed by atoms with Crippen molar-refractivity contribution in [3.8, 4) is 0 Å². The van der Waals surface area contributed by atoms with Crippen molar-refractivity contribution in [2.75, 3.05) is 6.54 Å². The Kier molecular flexibility index (Phi) is 3.29. The summed E-state index contributed by atoms with van der Waals surface area (Å²) < 4.78 is 13.9. The Morgan fingerprint density at radius 1 is 1.44 bits per heavy atom. The fraction of sp³-hybridized carbons (Fsp3) is 0.571. The first-order valence-corrected chi connectivity index (χ1v) is 6.13. The minimum atomic E-state index is -0.0317. The Morgan fingerprint density at radius 2 is 2.19 bits per heavy atom. The first-order valence-electron chi connectivity index (χ1n) is 6.13. The van der Waals surface area contributed by atoms with Gasteiger partial charge in [-0.25, -0.2) is 4.39 Å². The highest BCUT2D eigenvalue weighted by atomic mass is 19.1. The van der Waals surface area contributed by atoms with Crippen LogP contribution in [0.3, 0.4) is 0 Å². The molecule has 88 valence electrons. The van der Waals surface area contributed by atoms with E-state index in [1.807, 2.05) is 6.07 Å². The third-order valence-corrected chi connectivity index (χ3v) is 3.76. The second kappa shape index (κ2) is 4.54. The molecule has 16 heavy (non-hydrogen) atoms. The molecule has 0 amide bonds. The van der Waals surface area contributed by atoms with Gasteiger partial charge in [0.1, 0.15) is 5.82 Å². The lowest BCUT2D eigenvalue weighted by Crippen LogP contribution is -2.06. The molecule has 1 aliphatic carbocycles. The number of nitrogens with two attached hydrogens (primary N) is 1. The van der Waals surface area contributed by atoms with E-state index in [2.05, 4.69) is 19.9 Å². The second-order valence-electron chi connectivity index (χ2n) is 5.10. The van der Waals surface area contributed by atoms with Crippen molar-refractivity contribution in [1.29, 1.82) is 0 Å². The average molecular weight is 221 g/mol. The molecule has 0 aliphatic heterocycles. The van der Waals surface area contributed by atoms with Crippen molar-refractivity contribution < 1.29 is 4.39 Å². The fourth-order valence-electron chi connectivity index (χ4n) is 2.93. The van der Waals surface area contributed by atoms with Gasteiger partial charge in [-0.3, -0.25) is 0 Å². The predicted molar refractivity (Wildman–Crippen MR) is 65.0 cm³/mol. The number of rotatable bonds is 3. The minimum absolute atomic E-state index is 0.0317. The number of hydrogen-bond donors (Lipinski definition) is 1. The maximum Gasteiger partial charge on any atom is 0.126 e. The van der Waals surface area contributed by atoms with Gasteiger partial charge in [0.25, 0.3) is 0 Å². The van der Waals surface area contributed by atoms with E-state index in [0.717, 1.165) is 18.4 Å². The van der Waals surface area contributed by atoms with E-state index in [0.29, 0.717) is 24.3 Å². The summed E-state index contributed by atoms with van der Waals surface area (Å²) in [6, 6.07) is 5.47. The smallest absolute Gasteiger partial charge is 0.126 e. The van der Waals surface area contributed by atoms with Crippen LogP contribution in [-0.4, -0.2) is 6.54 Å². The van der Waals surface area contributed by atoms with Crippen molar-refractivity contribution in [2.24, 2.45) is 11.7 Å². The molecule has 0 spiro atoms. The van der Waals surface area contributed by atoms with Crippen molar-refractivity contribution >= 4 is 0 Å². The number of benzene rings is 1. The van der Waals surface area contributed by atoms with E-state index in [9.17, 15) is 4.39 Å². The summed E-state index contributed by atoms with van der Waals surface area (Å²) in [4.78, 5) is 0. The second-order valence-corrected chi connectivity index (χ2v) is 5.10.